The maximum absolute atomic E-state index is 12.6. The summed E-state index contributed by atoms with van der Waals surface area (Å²) in [5, 5.41) is 0. The average molecular weight is 355 g/mol. The molecule has 134 valence electrons. The van der Waals surface area contributed by atoms with Gasteiger partial charge in [-0.15, -0.1) is 0 Å². The zero-order chi connectivity index (χ0) is 18.4. The number of urea groups is 1. The summed E-state index contributed by atoms with van der Waals surface area (Å²) in [5.74, 6) is -1.76. The Balaban J connectivity index is 1.71. The molecule has 9 heteroatoms. The van der Waals surface area contributed by atoms with Crippen molar-refractivity contribution in [3.8, 4) is 0 Å². The molecule has 1 aromatic rings. The van der Waals surface area contributed by atoms with E-state index in [2.05, 4.69) is 0 Å². The summed E-state index contributed by atoms with van der Waals surface area (Å²) in [4.78, 5) is 38.9. The second-order valence-corrected chi connectivity index (χ2v) is 6.19. The Bertz CT molecular complexity index is 714. The summed E-state index contributed by atoms with van der Waals surface area (Å²) in [5.41, 5.74) is -0.0926. The smallest absolute Gasteiger partial charge is 0.278 e. The van der Waals surface area contributed by atoms with Crippen LogP contribution in [0.3, 0.4) is 0 Å². The van der Waals surface area contributed by atoms with Gasteiger partial charge < -0.3 is 0 Å². The molecule has 25 heavy (non-hydrogen) atoms. The predicted molar refractivity (Wildman–Crippen MR) is 79.9 cm³/mol. The lowest BCUT2D eigenvalue weighted by Gasteiger charge is -2.26. The maximum atomic E-state index is 12.6. The fourth-order valence-corrected chi connectivity index (χ4v) is 2.69. The Morgan fingerprint density at radius 3 is 2.12 bits per heavy atom. The van der Waals surface area contributed by atoms with E-state index in [0.29, 0.717) is 5.56 Å². The fraction of sp³-hybridized carbons (Fsp3) is 0.438. The van der Waals surface area contributed by atoms with Crippen molar-refractivity contribution in [1.29, 1.82) is 0 Å². The third-order valence-electron chi connectivity index (χ3n) is 4.30. The van der Waals surface area contributed by atoms with Gasteiger partial charge >= 0.3 is 24.0 Å². The molecule has 6 nitrogen and oxygen atoms in total. The van der Waals surface area contributed by atoms with Crippen molar-refractivity contribution in [2.45, 2.75) is 31.6 Å². The molecule has 0 atom stereocenters. The zero-order valence-corrected chi connectivity index (χ0v) is 13.4. The number of carbonyl (C=O) groups is 3. The summed E-state index contributed by atoms with van der Waals surface area (Å²) < 4.78 is 37.9. The van der Waals surface area contributed by atoms with Crippen molar-refractivity contribution in [3.63, 3.8) is 0 Å². The Morgan fingerprint density at radius 1 is 1.08 bits per heavy atom. The van der Waals surface area contributed by atoms with Crippen LogP contribution in [0.5, 0.6) is 0 Å². The first-order chi connectivity index (χ1) is 11.7. The van der Waals surface area contributed by atoms with E-state index >= 15 is 0 Å². The average Bonchev–Trinajstić information content (AvgIpc) is 3.38. The lowest BCUT2D eigenvalue weighted by molar-refractivity contribution is -0.143. The Labute approximate surface area is 141 Å². The Morgan fingerprint density at radius 2 is 1.68 bits per heavy atom. The van der Waals surface area contributed by atoms with E-state index in [1.165, 1.54) is 19.2 Å². The minimum atomic E-state index is -4.39. The highest BCUT2D eigenvalue weighted by Crippen LogP contribution is 2.31. The van der Waals surface area contributed by atoms with Gasteiger partial charge in [0.15, 0.2) is 0 Å². The van der Waals surface area contributed by atoms with E-state index in [1.807, 2.05) is 4.90 Å². The van der Waals surface area contributed by atoms with Crippen molar-refractivity contribution in [1.82, 2.24) is 14.7 Å². The number of amides is 4. The van der Waals surface area contributed by atoms with Crippen molar-refractivity contribution in [3.05, 3.63) is 35.4 Å². The minimum absolute atomic E-state index is 0.0561. The van der Waals surface area contributed by atoms with Crippen molar-refractivity contribution in [2.75, 3.05) is 13.7 Å². The van der Waals surface area contributed by atoms with Gasteiger partial charge in [0, 0.05) is 19.6 Å². The highest BCUT2D eigenvalue weighted by molar-refractivity contribution is 6.44. The molecule has 2 aliphatic rings. The standard InChI is InChI=1S/C16H16F3N3O3/c1-20-13(23)14(24)22(15(20)25)9-21(12-6-7-12)8-10-2-4-11(5-3-10)16(17,18)19/h2-5,12H,6-9H2,1H3. The summed E-state index contributed by atoms with van der Waals surface area (Å²) in [6.07, 6.45) is -2.64. The van der Waals surface area contributed by atoms with E-state index in [9.17, 15) is 27.6 Å². The topological polar surface area (TPSA) is 60.9 Å². The second-order valence-electron chi connectivity index (χ2n) is 6.19. The Hall–Kier alpha value is -2.42. The molecular formula is C16H16F3N3O3. The molecule has 1 heterocycles. The van der Waals surface area contributed by atoms with Crippen LogP contribution in [0, 0.1) is 0 Å². The van der Waals surface area contributed by atoms with Crippen LogP contribution in [0.25, 0.3) is 0 Å². The van der Waals surface area contributed by atoms with E-state index in [4.69, 9.17) is 0 Å². The van der Waals surface area contributed by atoms with Crippen LogP contribution in [0.1, 0.15) is 24.0 Å². The highest BCUT2D eigenvalue weighted by Gasteiger charge is 2.44. The van der Waals surface area contributed by atoms with Crippen LogP contribution in [-0.2, 0) is 22.3 Å². The molecule has 0 unspecified atom stereocenters. The molecule has 1 aromatic carbocycles. The van der Waals surface area contributed by atoms with Gasteiger partial charge in [0.2, 0.25) is 0 Å². The number of alkyl halides is 3. The van der Waals surface area contributed by atoms with E-state index < -0.39 is 29.6 Å². The molecule has 3 rings (SSSR count). The third kappa shape index (κ3) is 3.51. The molecule has 0 bridgehead atoms. The number of halogens is 3. The van der Waals surface area contributed by atoms with E-state index in [1.54, 1.807) is 0 Å². The number of benzene rings is 1. The molecule has 1 aliphatic heterocycles. The molecule has 0 spiro atoms. The maximum Gasteiger partial charge on any atom is 0.416 e. The molecular weight excluding hydrogens is 339 g/mol. The van der Waals surface area contributed by atoms with Crippen LogP contribution in [0.4, 0.5) is 18.0 Å². The molecule has 0 radical (unpaired) electrons. The summed E-state index contributed by atoms with van der Waals surface area (Å²) in [7, 11) is 1.24. The van der Waals surface area contributed by atoms with Gasteiger partial charge in [0.05, 0.1) is 12.2 Å². The van der Waals surface area contributed by atoms with Gasteiger partial charge in [0.1, 0.15) is 0 Å². The van der Waals surface area contributed by atoms with Gasteiger partial charge in [-0.2, -0.15) is 13.2 Å². The van der Waals surface area contributed by atoms with Crippen LogP contribution < -0.4 is 0 Å². The lowest BCUT2D eigenvalue weighted by atomic mass is 10.1. The highest BCUT2D eigenvalue weighted by atomic mass is 19.4. The van der Waals surface area contributed by atoms with Crippen molar-refractivity contribution in [2.24, 2.45) is 0 Å². The number of carbonyl (C=O) groups excluding carboxylic acids is 3. The molecule has 4 amide bonds. The number of hydrogen-bond acceptors (Lipinski definition) is 4. The summed E-state index contributed by atoms with van der Waals surface area (Å²) in [6, 6.07) is 4.22. The SMILES string of the molecule is CN1C(=O)C(=O)N(CN(Cc2ccc(C(F)(F)F)cc2)C2CC2)C1=O. The first-order valence-electron chi connectivity index (χ1n) is 7.72. The molecule has 1 aliphatic carbocycles. The second kappa shape index (κ2) is 6.14. The molecule has 0 N–H and O–H groups in total. The van der Waals surface area contributed by atoms with Gasteiger partial charge in [-0.05, 0) is 30.5 Å². The quantitative estimate of drug-likeness (QED) is 0.599. The largest absolute Gasteiger partial charge is 0.416 e. The van der Waals surface area contributed by atoms with Gasteiger partial charge in [-0.25, -0.2) is 9.69 Å². The lowest BCUT2D eigenvalue weighted by Crippen LogP contribution is -2.42. The number of likely N-dealkylation sites (N-methyl/N-ethyl adjacent to an activating group) is 1. The minimum Gasteiger partial charge on any atom is -0.278 e. The van der Waals surface area contributed by atoms with Crippen LogP contribution in [0.15, 0.2) is 24.3 Å². The number of nitrogens with zero attached hydrogens (tertiary/aromatic N) is 3. The van der Waals surface area contributed by atoms with Crippen LogP contribution in [-0.4, -0.2) is 52.3 Å². The molecule has 0 aromatic heterocycles. The predicted octanol–water partition coefficient (Wildman–Crippen LogP) is 2.05. The third-order valence-corrected chi connectivity index (χ3v) is 4.30. The van der Waals surface area contributed by atoms with E-state index in [-0.39, 0.29) is 19.3 Å². The molecule has 1 saturated heterocycles. The monoisotopic (exact) mass is 355 g/mol. The van der Waals surface area contributed by atoms with Gasteiger partial charge in [-0.3, -0.25) is 19.4 Å². The van der Waals surface area contributed by atoms with Crippen molar-refractivity contribution < 1.29 is 27.6 Å². The zero-order valence-electron chi connectivity index (χ0n) is 13.4. The van der Waals surface area contributed by atoms with Crippen LogP contribution in [0.2, 0.25) is 0 Å². The van der Waals surface area contributed by atoms with Crippen molar-refractivity contribution >= 4 is 17.8 Å². The fourth-order valence-electron chi connectivity index (χ4n) is 2.69. The normalized spacial score (nSPS) is 18.7. The number of imide groups is 2. The number of rotatable bonds is 5. The van der Waals surface area contributed by atoms with Gasteiger partial charge in [-0.1, -0.05) is 12.1 Å². The number of hydrogen-bond donors (Lipinski definition) is 0. The molecule has 1 saturated carbocycles. The van der Waals surface area contributed by atoms with Gasteiger partial charge in [0.25, 0.3) is 0 Å². The van der Waals surface area contributed by atoms with E-state index in [0.717, 1.165) is 34.8 Å². The first kappa shape index (κ1) is 17.4. The summed E-state index contributed by atoms with van der Waals surface area (Å²) >= 11 is 0. The Kier molecular flexibility index (Phi) is 4.28. The molecule has 2 fully saturated rings. The first-order valence-corrected chi connectivity index (χ1v) is 7.72. The van der Waals surface area contributed by atoms with Crippen LogP contribution >= 0.6 is 0 Å². The summed E-state index contributed by atoms with van der Waals surface area (Å²) in [6.45, 7) is 0.233.